The summed E-state index contributed by atoms with van der Waals surface area (Å²) in [5.74, 6) is 0.775. The molecular weight excluding hydrogens is 270 g/mol. The number of fused-ring (bicyclic) bond motifs is 1. The number of aryl methyl sites for hydroxylation is 1. The van der Waals surface area contributed by atoms with Crippen molar-refractivity contribution in [3.8, 4) is 0 Å². The lowest BCUT2D eigenvalue weighted by atomic mass is 10.1. The van der Waals surface area contributed by atoms with E-state index in [1.165, 1.54) is 0 Å². The van der Waals surface area contributed by atoms with Crippen LogP contribution < -0.4 is 5.32 Å². The Balaban J connectivity index is 1.98. The second-order valence-electron chi connectivity index (χ2n) is 4.61. The Morgan fingerprint density at radius 1 is 1.25 bits per heavy atom. The number of rotatable bonds is 4. The zero-order chi connectivity index (χ0) is 13.9. The number of nitrogens with one attached hydrogen (secondary N) is 1. The van der Waals surface area contributed by atoms with E-state index in [0.29, 0.717) is 0 Å². The monoisotopic (exact) mass is 285 g/mol. The van der Waals surface area contributed by atoms with Crippen LogP contribution >= 0.6 is 11.3 Å². The van der Waals surface area contributed by atoms with Crippen LogP contribution in [0.2, 0.25) is 0 Å². The first-order valence-electron chi connectivity index (χ1n) is 6.40. The summed E-state index contributed by atoms with van der Waals surface area (Å²) in [5.41, 5.74) is 2.19. The minimum atomic E-state index is -0.173. The highest BCUT2D eigenvalue weighted by Crippen LogP contribution is 2.30. The maximum atomic E-state index is 9.63. The molecule has 102 valence electrons. The highest BCUT2D eigenvalue weighted by molar-refractivity contribution is 7.17. The Kier molecular flexibility index (Phi) is 3.62. The third-order valence-corrected chi connectivity index (χ3v) is 4.25. The Morgan fingerprint density at radius 2 is 2.05 bits per heavy atom. The van der Waals surface area contributed by atoms with Crippen LogP contribution in [0.3, 0.4) is 0 Å². The van der Waals surface area contributed by atoms with Crippen LogP contribution in [0.5, 0.6) is 0 Å². The van der Waals surface area contributed by atoms with E-state index in [4.69, 9.17) is 0 Å². The number of hydrogen-bond acceptors (Lipinski definition) is 5. The van der Waals surface area contributed by atoms with E-state index < -0.39 is 0 Å². The van der Waals surface area contributed by atoms with Gasteiger partial charge in [-0.3, -0.25) is 0 Å². The molecule has 0 aliphatic rings. The molecule has 1 atom stereocenters. The van der Waals surface area contributed by atoms with Crippen molar-refractivity contribution in [3.05, 3.63) is 53.2 Å². The summed E-state index contributed by atoms with van der Waals surface area (Å²) >= 11 is 1.60. The summed E-state index contributed by atoms with van der Waals surface area (Å²) in [5, 5.41) is 16.1. The fourth-order valence-electron chi connectivity index (χ4n) is 2.21. The van der Waals surface area contributed by atoms with Crippen LogP contribution in [-0.2, 0) is 0 Å². The molecule has 2 N–H and O–H groups in total. The number of hydrogen-bond donors (Lipinski definition) is 2. The zero-order valence-electron chi connectivity index (χ0n) is 11.1. The standard InChI is InChI=1S/C15H15N3OS/c1-10-8-20-15-13(10)14(16-9-17-15)18-12(7-19)11-5-3-2-4-6-11/h2-6,8-9,12,19H,7H2,1H3,(H,16,17,18)/t12-/m1/s1. The summed E-state index contributed by atoms with van der Waals surface area (Å²) in [7, 11) is 0. The van der Waals surface area contributed by atoms with Crippen molar-refractivity contribution >= 4 is 27.4 Å². The molecular formula is C15H15N3OS. The van der Waals surface area contributed by atoms with Gasteiger partial charge in [-0.25, -0.2) is 9.97 Å². The van der Waals surface area contributed by atoms with Gasteiger partial charge in [-0.1, -0.05) is 30.3 Å². The molecule has 2 heterocycles. The third kappa shape index (κ3) is 2.37. The molecule has 0 aliphatic heterocycles. The van der Waals surface area contributed by atoms with Crippen molar-refractivity contribution < 1.29 is 5.11 Å². The van der Waals surface area contributed by atoms with Gasteiger partial charge < -0.3 is 10.4 Å². The van der Waals surface area contributed by atoms with Crippen molar-refractivity contribution in [2.75, 3.05) is 11.9 Å². The quantitative estimate of drug-likeness (QED) is 0.773. The van der Waals surface area contributed by atoms with Crippen LogP contribution in [0.25, 0.3) is 10.2 Å². The maximum absolute atomic E-state index is 9.63. The zero-order valence-corrected chi connectivity index (χ0v) is 11.9. The van der Waals surface area contributed by atoms with Crippen molar-refractivity contribution in [3.63, 3.8) is 0 Å². The van der Waals surface area contributed by atoms with Crippen LogP contribution in [0.4, 0.5) is 5.82 Å². The third-order valence-electron chi connectivity index (χ3n) is 3.25. The van der Waals surface area contributed by atoms with Crippen LogP contribution in [0.15, 0.2) is 42.0 Å². The molecule has 0 amide bonds. The van der Waals surface area contributed by atoms with Crippen LogP contribution in [0.1, 0.15) is 17.2 Å². The van der Waals surface area contributed by atoms with Gasteiger partial charge in [-0.05, 0) is 23.4 Å². The molecule has 0 saturated carbocycles. The van der Waals surface area contributed by atoms with E-state index in [1.54, 1.807) is 17.7 Å². The molecule has 0 unspecified atom stereocenters. The van der Waals surface area contributed by atoms with E-state index in [-0.39, 0.29) is 12.6 Å². The van der Waals surface area contributed by atoms with Gasteiger partial charge in [0.1, 0.15) is 17.0 Å². The molecule has 0 aliphatic carbocycles. The van der Waals surface area contributed by atoms with Crippen molar-refractivity contribution in [2.45, 2.75) is 13.0 Å². The number of benzene rings is 1. The van der Waals surface area contributed by atoms with Crippen LogP contribution in [-0.4, -0.2) is 21.7 Å². The molecule has 3 aromatic rings. The lowest BCUT2D eigenvalue weighted by Crippen LogP contribution is -2.15. The van der Waals surface area contributed by atoms with Gasteiger partial charge in [0.2, 0.25) is 0 Å². The highest BCUT2D eigenvalue weighted by Gasteiger charge is 2.14. The number of thiophene rings is 1. The highest BCUT2D eigenvalue weighted by atomic mass is 32.1. The molecule has 0 spiro atoms. The maximum Gasteiger partial charge on any atom is 0.139 e. The lowest BCUT2D eigenvalue weighted by molar-refractivity contribution is 0.276. The Hall–Kier alpha value is -1.98. The minimum Gasteiger partial charge on any atom is -0.394 e. The second-order valence-corrected chi connectivity index (χ2v) is 5.47. The van der Waals surface area contributed by atoms with Gasteiger partial charge in [-0.2, -0.15) is 0 Å². The largest absolute Gasteiger partial charge is 0.394 e. The Morgan fingerprint density at radius 3 is 2.80 bits per heavy atom. The van der Waals surface area contributed by atoms with Gasteiger partial charge in [0.05, 0.1) is 18.0 Å². The van der Waals surface area contributed by atoms with E-state index in [2.05, 4.69) is 20.7 Å². The van der Waals surface area contributed by atoms with Crippen molar-refractivity contribution in [1.82, 2.24) is 9.97 Å². The van der Waals surface area contributed by atoms with Gasteiger partial charge >= 0.3 is 0 Å². The SMILES string of the molecule is Cc1csc2ncnc(N[C@H](CO)c3ccccc3)c12. The second kappa shape index (κ2) is 5.56. The molecule has 2 aromatic heterocycles. The fraction of sp³-hybridized carbons (Fsp3) is 0.200. The summed E-state index contributed by atoms with van der Waals surface area (Å²) in [6.07, 6.45) is 1.56. The molecule has 0 fully saturated rings. The summed E-state index contributed by atoms with van der Waals surface area (Å²) < 4.78 is 0. The van der Waals surface area contributed by atoms with Crippen molar-refractivity contribution in [2.24, 2.45) is 0 Å². The van der Waals surface area contributed by atoms with E-state index in [0.717, 1.165) is 27.2 Å². The predicted octanol–water partition coefficient (Wildman–Crippen LogP) is 3.15. The Labute approximate surface area is 121 Å². The summed E-state index contributed by atoms with van der Waals surface area (Å²) in [6, 6.07) is 9.70. The van der Waals surface area contributed by atoms with Gasteiger partial charge in [-0.15, -0.1) is 11.3 Å². The van der Waals surface area contributed by atoms with E-state index >= 15 is 0 Å². The van der Waals surface area contributed by atoms with E-state index in [9.17, 15) is 5.11 Å². The molecule has 4 nitrogen and oxygen atoms in total. The smallest absolute Gasteiger partial charge is 0.139 e. The number of aliphatic hydroxyl groups is 1. The first kappa shape index (κ1) is 13.0. The molecule has 1 aromatic carbocycles. The average molecular weight is 285 g/mol. The molecule has 3 rings (SSSR count). The Bertz CT molecular complexity index is 711. The minimum absolute atomic E-state index is 0.0126. The number of anilines is 1. The molecule has 0 radical (unpaired) electrons. The van der Waals surface area contributed by atoms with Crippen molar-refractivity contribution in [1.29, 1.82) is 0 Å². The van der Waals surface area contributed by atoms with Gasteiger partial charge in [0.25, 0.3) is 0 Å². The summed E-state index contributed by atoms with van der Waals surface area (Å²) in [6.45, 7) is 2.06. The van der Waals surface area contributed by atoms with Crippen LogP contribution in [0, 0.1) is 6.92 Å². The number of aromatic nitrogens is 2. The molecule has 5 heteroatoms. The topological polar surface area (TPSA) is 58.0 Å². The molecule has 0 saturated heterocycles. The number of nitrogens with zero attached hydrogens (tertiary/aromatic N) is 2. The normalized spacial score (nSPS) is 12.5. The molecule has 0 bridgehead atoms. The molecule has 20 heavy (non-hydrogen) atoms. The van der Waals surface area contributed by atoms with Gasteiger partial charge in [0.15, 0.2) is 0 Å². The first-order valence-corrected chi connectivity index (χ1v) is 7.28. The van der Waals surface area contributed by atoms with E-state index in [1.807, 2.05) is 37.3 Å². The van der Waals surface area contributed by atoms with Gasteiger partial charge in [0, 0.05) is 0 Å². The first-order chi connectivity index (χ1) is 9.79. The lowest BCUT2D eigenvalue weighted by Gasteiger charge is -2.18. The number of aliphatic hydroxyl groups excluding tert-OH is 1. The fourth-order valence-corrected chi connectivity index (χ4v) is 3.10. The summed E-state index contributed by atoms with van der Waals surface area (Å²) in [4.78, 5) is 9.56. The average Bonchev–Trinajstić information content (AvgIpc) is 2.88. The predicted molar refractivity (Wildman–Crippen MR) is 82.0 cm³/mol.